The van der Waals surface area contributed by atoms with Gasteiger partial charge in [0.25, 0.3) is 0 Å². The minimum atomic E-state index is -1.53. The fraction of sp³-hybridized carbons (Fsp3) is 0.333. The second kappa shape index (κ2) is 13.4. The van der Waals surface area contributed by atoms with Crippen molar-refractivity contribution in [2.75, 3.05) is 0 Å². The average molecular weight is 360 g/mol. The van der Waals surface area contributed by atoms with Crippen molar-refractivity contribution in [1.29, 1.82) is 0 Å². The van der Waals surface area contributed by atoms with Crippen LogP contribution in [0.1, 0.15) is 19.3 Å². The molecule has 0 aliphatic rings. The van der Waals surface area contributed by atoms with E-state index in [1.54, 1.807) is 0 Å². The van der Waals surface area contributed by atoms with E-state index < -0.39 is 55.1 Å². The molecule has 12 heteroatoms. The zero-order valence-corrected chi connectivity index (χ0v) is 9.28. The van der Waals surface area contributed by atoms with E-state index in [4.69, 9.17) is 10.2 Å². The van der Waals surface area contributed by atoms with Gasteiger partial charge in [0.1, 0.15) is 19.3 Å². The fourth-order valence-corrected chi connectivity index (χ4v) is 0.763. The molecule has 0 atom stereocenters. The van der Waals surface area contributed by atoms with Crippen LogP contribution in [0.5, 0.6) is 0 Å². The summed E-state index contributed by atoms with van der Waals surface area (Å²) < 4.78 is 7.81. The Balaban J connectivity index is -0.00000162. The summed E-state index contributed by atoms with van der Waals surface area (Å²) in [5.41, 5.74) is 0. The van der Waals surface area contributed by atoms with Crippen LogP contribution in [0, 0.1) is 0 Å². The number of carbonyl (C=O) groups excluding carboxylic acids is 4. The summed E-state index contributed by atoms with van der Waals surface area (Å²) in [5.74, 6) is -8.67. The van der Waals surface area contributed by atoms with Gasteiger partial charge in [-0.15, -0.1) is 0 Å². The SMILES string of the molecule is O=C(O)CC(=O)OC(=O)CC(=O)OC(=O)CC(=O)O.[CaH2].[CaH2]. The number of carboxylic acids is 2. The number of carboxylic acid groups (broad SMARTS) is 2. The topological polar surface area (TPSA) is 161 Å². The third-order valence-electron chi connectivity index (χ3n) is 1.34. The van der Waals surface area contributed by atoms with Gasteiger partial charge in [-0.2, -0.15) is 0 Å². The maximum absolute atomic E-state index is 10.9. The van der Waals surface area contributed by atoms with E-state index in [9.17, 15) is 28.8 Å². The van der Waals surface area contributed by atoms with Crippen molar-refractivity contribution in [3.05, 3.63) is 0 Å². The summed E-state index contributed by atoms with van der Waals surface area (Å²) in [7, 11) is 0. The third-order valence-corrected chi connectivity index (χ3v) is 1.34. The Morgan fingerprint density at radius 2 is 0.810 bits per heavy atom. The van der Waals surface area contributed by atoms with E-state index in [1.165, 1.54) is 0 Å². The summed E-state index contributed by atoms with van der Waals surface area (Å²) in [6, 6.07) is 0. The van der Waals surface area contributed by atoms with Gasteiger partial charge in [-0.1, -0.05) is 0 Å². The van der Waals surface area contributed by atoms with Crippen LogP contribution in [-0.4, -0.2) is 122 Å². The Bertz CT molecular complexity index is 404. The standard InChI is InChI=1S/C9H8O10.2Ca.4H/c10-4(11)1-6(14)18-8(16)3-9(17)19-7(15)2-5(12)13;;;;;;/h1-3H2,(H,10,11)(H,12,13);;;;;;. The van der Waals surface area contributed by atoms with Gasteiger partial charge in [-0.3, -0.25) is 28.8 Å². The molecule has 0 aromatic rings. The van der Waals surface area contributed by atoms with Crippen molar-refractivity contribution >= 4 is 111 Å². The van der Waals surface area contributed by atoms with Crippen LogP contribution >= 0.6 is 0 Å². The van der Waals surface area contributed by atoms with Crippen molar-refractivity contribution in [2.45, 2.75) is 19.3 Å². The van der Waals surface area contributed by atoms with Crippen molar-refractivity contribution in [3.8, 4) is 0 Å². The molecule has 0 heterocycles. The Morgan fingerprint density at radius 3 is 1.05 bits per heavy atom. The molecule has 10 nitrogen and oxygen atoms in total. The zero-order chi connectivity index (χ0) is 15.0. The number of rotatable bonds is 6. The zero-order valence-electron chi connectivity index (χ0n) is 9.28. The number of aliphatic carboxylic acids is 2. The van der Waals surface area contributed by atoms with Crippen LogP contribution in [-0.2, 0) is 38.2 Å². The molecule has 0 radical (unpaired) electrons. The molecule has 0 unspecified atom stereocenters. The molecule has 0 aromatic carbocycles. The van der Waals surface area contributed by atoms with E-state index in [-0.39, 0.29) is 75.5 Å². The molecule has 0 bridgehead atoms. The quantitative estimate of drug-likeness (QED) is 0.278. The monoisotopic (exact) mass is 360 g/mol. The predicted octanol–water partition coefficient (Wildman–Crippen LogP) is -3.37. The van der Waals surface area contributed by atoms with Gasteiger partial charge in [0, 0.05) is 0 Å². The number of ether oxygens (including phenoxy) is 2. The average Bonchev–Trinajstić information content (AvgIpc) is 2.12. The van der Waals surface area contributed by atoms with Crippen LogP contribution in [0.4, 0.5) is 0 Å². The van der Waals surface area contributed by atoms with Crippen LogP contribution in [0.25, 0.3) is 0 Å². The number of hydrogen-bond donors (Lipinski definition) is 2. The number of carbonyl (C=O) groups is 6. The number of esters is 4. The summed E-state index contributed by atoms with van der Waals surface area (Å²) in [4.78, 5) is 63.3. The van der Waals surface area contributed by atoms with Gasteiger partial charge in [0.05, 0.1) is 0 Å². The fourth-order valence-electron chi connectivity index (χ4n) is 0.763. The molecule has 21 heavy (non-hydrogen) atoms. The first-order chi connectivity index (χ1) is 8.70. The van der Waals surface area contributed by atoms with Gasteiger partial charge < -0.3 is 19.7 Å². The summed E-state index contributed by atoms with van der Waals surface area (Å²) >= 11 is 0. The van der Waals surface area contributed by atoms with E-state index in [0.29, 0.717) is 0 Å². The molecule has 0 fully saturated rings. The Kier molecular flexibility index (Phi) is 16.4. The summed E-state index contributed by atoms with van der Waals surface area (Å²) in [6.07, 6.45) is -3.27. The molecule has 0 rings (SSSR count). The summed E-state index contributed by atoms with van der Waals surface area (Å²) in [5, 5.41) is 16.4. The maximum atomic E-state index is 10.9. The van der Waals surface area contributed by atoms with Gasteiger partial charge >= 0.3 is 111 Å². The van der Waals surface area contributed by atoms with E-state index >= 15 is 0 Å². The van der Waals surface area contributed by atoms with Crippen LogP contribution in [0.3, 0.4) is 0 Å². The van der Waals surface area contributed by atoms with Gasteiger partial charge in [0.15, 0.2) is 0 Å². The molecular formula is C9H12Ca2O10. The molecule has 0 amide bonds. The molecule has 112 valence electrons. The van der Waals surface area contributed by atoms with E-state index in [0.717, 1.165) is 0 Å². The second-order valence-electron chi connectivity index (χ2n) is 3.01. The van der Waals surface area contributed by atoms with Crippen molar-refractivity contribution < 1.29 is 48.5 Å². The van der Waals surface area contributed by atoms with Gasteiger partial charge in [-0.05, 0) is 0 Å². The Morgan fingerprint density at radius 1 is 0.571 bits per heavy atom. The van der Waals surface area contributed by atoms with Crippen LogP contribution in [0.15, 0.2) is 0 Å². The Hall–Kier alpha value is -0.261. The Labute approximate surface area is 177 Å². The van der Waals surface area contributed by atoms with Crippen LogP contribution in [0.2, 0.25) is 0 Å². The molecule has 0 aliphatic heterocycles. The normalized spacial score (nSPS) is 8.38. The second-order valence-corrected chi connectivity index (χ2v) is 3.01. The first-order valence-electron chi connectivity index (χ1n) is 4.61. The van der Waals surface area contributed by atoms with Crippen molar-refractivity contribution in [1.82, 2.24) is 0 Å². The molecule has 2 N–H and O–H groups in total. The minimum absolute atomic E-state index is 0. The van der Waals surface area contributed by atoms with Crippen molar-refractivity contribution in [3.63, 3.8) is 0 Å². The molecule has 0 spiro atoms. The predicted molar refractivity (Wildman–Crippen MR) is 68.4 cm³/mol. The van der Waals surface area contributed by atoms with Crippen LogP contribution < -0.4 is 0 Å². The molecule has 0 aromatic heterocycles. The molecule has 0 saturated carbocycles. The van der Waals surface area contributed by atoms with E-state index in [2.05, 4.69) is 9.47 Å². The first kappa shape index (κ1) is 25.7. The first-order valence-corrected chi connectivity index (χ1v) is 4.61. The van der Waals surface area contributed by atoms with Crippen molar-refractivity contribution in [2.24, 2.45) is 0 Å². The summed E-state index contributed by atoms with van der Waals surface area (Å²) in [6.45, 7) is 0. The number of hydrogen-bond acceptors (Lipinski definition) is 8. The van der Waals surface area contributed by atoms with E-state index in [1.807, 2.05) is 0 Å². The van der Waals surface area contributed by atoms with Gasteiger partial charge in [0.2, 0.25) is 0 Å². The van der Waals surface area contributed by atoms with Gasteiger partial charge in [-0.25, -0.2) is 0 Å². The molecule has 0 saturated heterocycles. The molecule has 0 aliphatic carbocycles. The third kappa shape index (κ3) is 15.9. The molecular weight excluding hydrogens is 348 g/mol.